The molecule has 1 aliphatic rings. The fourth-order valence-electron chi connectivity index (χ4n) is 7.95. The molecule has 18 heteroatoms. The molecular formula is C46H48Cl2FN9O6. The normalized spacial score (nSPS) is 15.5. The van der Waals surface area contributed by atoms with E-state index in [-0.39, 0.29) is 86.4 Å². The zero-order chi connectivity index (χ0) is 46.0. The molecule has 2 amide bonds. The third-order valence-corrected chi connectivity index (χ3v) is 12.2. The lowest BCUT2D eigenvalue weighted by Gasteiger charge is -2.29. The van der Waals surface area contributed by atoms with E-state index in [4.69, 9.17) is 33.7 Å². The Kier molecular flexibility index (Phi) is 13.6. The summed E-state index contributed by atoms with van der Waals surface area (Å²) in [6.45, 7) is 7.53. The van der Waals surface area contributed by atoms with Crippen LogP contribution in [0.1, 0.15) is 104 Å². The number of nitrogen functional groups attached to an aromatic ring is 1. The van der Waals surface area contributed by atoms with Gasteiger partial charge in [-0.15, -0.1) is 10.2 Å². The van der Waals surface area contributed by atoms with Crippen LogP contribution in [0.2, 0.25) is 10.0 Å². The fraction of sp³-hybridized carbons (Fsp3) is 0.326. The molecule has 1 fully saturated rings. The molecule has 1 atom stereocenters. The number of hydrogen-bond donors (Lipinski definition) is 4. The number of pyridine rings is 1. The van der Waals surface area contributed by atoms with E-state index in [0.717, 1.165) is 5.56 Å². The van der Waals surface area contributed by atoms with Crippen LogP contribution in [0.4, 0.5) is 10.2 Å². The summed E-state index contributed by atoms with van der Waals surface area (Å²) in [5.74, 6) is -1.57. The van der Waals surface area contributed by atoms with Crippen molar-refractivity contribution in [1.82, 2.24) is 39.7 Å². The van der Waals surface area contributed by atoms with Crippen LogP contribution in [0.5, 0.6) is 17.2 Å². The summed E-state index contributed by atoms with van der Waals surface area (Å²) in [5.41, 5.74) is 9.52. The SMILES string of the molecule is CCNC(=O)c1nnc(-c2cc(C(C)C)c(O)cc2O)n1-c1ccc(C(=O)N(C)CC(=O)C2CCC(n3cc(-c4cnc(N)c(O[C@H](C)c5c(Cl)ccc(F)c5Cl)c4)cn3)CC2)cc1. The molecular weight excluding hydrogens is 864 g/mol. The van der Waals surface area contributed by atoms with Crippen LogP contribution in [0.25, 0.3) is 28.2 Å². The summed E-state index contributed by atoms with van der Waals surface area (Å²) in [7, 11) is 1.59. The molecule has 7 rings (SSSR count). The lowest BCUT2D eigenvalue weighted by molar-refractivity contribution is -0.124. The number of ketones is 1. The van der Waals surface area contributed by atoms with Crippen molar-refractivity contribution in [2.75, 3.05) is 25.9 Å². The number of aromatic hydroxyl groups is 2. The third kappa shape index (κ3) is 9.38. The topological polar surface area (TPSA) is 204 Å². The number of carbonyl (C=O) groups excluding carboxylic acids is 3. The fourth-order valence-corrected chi connectivity index (χ4v) is 8.63. The molecule has 1 saturated carbocycles. The maximum atomic E-state index is 14.2. The first kappa shape index (κ1) is 45.5. The van der Waals surface area contributed by atoms with Crippen molar-refractivity contribution >= 4 is 46.6 Å². The van der Waals surface area contributed by atoms with Gasteiger partial charge in [-0.3, -0.25) is 23.6 Å². The average molecular weight is 913 g/mol. The number of phenolic OH excluding ortho intramolecular Hbond substituents is 2. The quantitative estimate of drug-likeness (QED) is 0.0761. The number of nitrogens with two attached hydrogens (primary N) is 1. The summed E-state index contributed by atoms with van der Waals surface area (Å²) in [5, 5.41) is 37.2. The first-order valence-corrected chi connectivity index (χ1v) is 21.6. The Bertz CT molecular complexity index is 2710. The van der Waals surface area contributed by atoms with Gasteiger partial charge in [0, 0.05) is 70.9 Å². The minimum atomic E-state index is -0.730. The van der Waals surface area contributed by atoms with Crippen LogP contribution >= 0.6 is 23.2 Å². The highest BCUT2D eigenvalue weighted by Gasteiger charge is 2.30. The molecule has 0 unspecified atom stereocenters. The highest BCUT2D eigenvalue weighted by molar-refractivity contribution is 6.36. The summed E-state index contributed by atoms with van der Waals surface area (Å²) < 4.78 is 23.6. The molecule has 334 valence electrons. The Morgan fingerprint density at radius 3 is 2.38 bits per heavy atom. The van der Waals surface area contributed by atoms with Gasteiger partial charge in [0.1, 0.15) is 23.4 Å². The van der Waals surface area contributed by atoms with Crippen LogP contribution in [-0.2, 0) is 4.79 Å². The van der Waals surface area contributed by atoms with Gasteiger partial charge in [-0.25, -0.2) is 9.37 Å². The summed E-state index contributed by atoms with van der Waals surface area (Å²) >= 11 is 12.5. The van der Waals surface area contributed by atoms with E-state index in [0.29, 0.717) is 60.2 Å². The predicted molar refractivity (Wildman–Crippen MR) is 241 cm³/mol. The second kappa shape index (κ2) is 19.1. The minimum absolute atomic E-state index is 0.0298. The number of hydrogen-bond acceptors (Lipinski definition) is 11. The number of phenols is 2. The number of aromatic nitrogens is 6. The van der Waals surface area contributed by atoms with Gasteiger partial charge in [0.2, 0.25) is 5.82 Å². The van der Waals surface area contributed by atoms with Gasteiger partial charge in [-0.2, -0.15) is 5.10 Å². The van der Waals surface area contributed by atoms with Crippen LogP contribution in [0.3, 0.4) is 0 Å². The van der Waals surface area contributed by atoms with Gasteiger partial charge in [0.25, 0.3) is 11.8 Å². The second-order valence-electron chi connectivity index (χ2n) is 16.1. The van der Waals surface area contributed by atoms with Crippen LogP contribution < -0.4 is 15.8 Å². The van der Waals surface area contributed by atoms with Crippen molar-refractivity contribution < 1.29 is 33.7 Å². The van der Waals surface area contributed by atoms with E-state index in [2.05, 4.69) is 25.6 Å². The van der Waals surface area contributed by atoms with Gasteiger partial charge >= 0.3 is 0 Å². The summed E-state index contributed by atoms with van der Waals surface area (Å²) in [4.78, 5) is 45.9. The molecule has 3 aromatic carbocycles. The highest BCUT2D eigenvalue weighted by Crippen LogP contribution is 2.40. The Morgan fingerprint density at radius 2 is 1.69 bits per heavy atom. The summed E-state index contributed by atoms with van der Waals surface area (Å²) in [6, 6.07) is 13.7. The molecule has 0 spiro atoms. The number of benzene rings is 3. The Balaban J connectivity index is 0.979. The monoisotopic (exact) mass is 911 g/mol. The molecule has 3 aromatic heterocycles. The Labute approximate surface area is 379 Å². The number of amides is 2. The highest BCUT2D eigenvalue weighted by atomic mass is 35.5. The number of halogens is 3. The number of likely N-dealkylation sites (N-methyl/N-ethyl adjacent to an activating group) is 1. The maximum Gasteiger partial charge on any atom is 0.289 e. The average Bonchev–Trinajstić information content (AvgIpc) is 3.95. The molecule has 5 N–H and O–H groups in total. The zero-order valence-corrected chi connectivity index (χ0v) is 37.4. The first-order chi connectivity index (χ1) is 30.6. The van der Waals surface area contributed by atoms with Gasteiger partial charge in [-0.05, 0) is 99.5 Å². The molecule has 15 nitrogen and oxygen atoms in total. The maximum absolute atomic E-state index is 14.2. The van der Waals surface area contributed by atoms with Gasteiger partial charge in [0.15, 0.2) is 23.2 Å². The van der Waals surface area contributed by atoms with Crippen molar-refractivity contribution in [2.24, 2.45) is 5.92 Å². The molecule has 64 heavy (non-hydrogen) atoms. The van der Waals surface area contributed by atoms with Crippen molar-refractivity contribution in [3.05, 3.63) is 112 Å². The standard InChI is InChI=1S/C46H48Cl2FN9O6/c1-6-51-45(62)44-55-54-43(33-18-32(24(2)3)36(59)19-37(33)60)58(44)31-13-9-27(10-14-31)46(63)56(5)23-38(61)26-7-11-30(12-8-26)57-22-29(21-53-57)28-17-39(42(50)52-20-28)64-25(4)40-34(47)15-16-35(49)41(40)48/h9-10,13-22,24-26,30,59-60H,6-8,11-12,23H2,1-5H3,(H2,50,52)(H,51,62)/t25-,26?,30?/m1/s1. The molecule has 1 aliphatic carbocycles. The number of Topliss-reactive ketones (excluding diaryl/α,β-unsaturated/α-hetero) is 1. The predicted octanol–water partition coefficient (Wildman–Crippen LogP) is 8.72. The lowest BCUT2D eigenvalue weighted by Crippen LogP contribution is -2.36. The van der Waals surface area contributed by atoms with E-state index < -0.39 is 17.8 Å². The number of nitrogens with one attached hydrogen (secondary N) is 1. The summed E-state index contributed by atoms with van der Waals surface area (Å²) in [6.07, 6.45) is 7.20. The van der Waals surface area contributed by atoms with Crippen molar-refractivity contribution in [3.63, 3.8) is 0 Å². The zero-order valence-electron chi connectivity index (χ0n) is 35.8. The van der Waals surface area contributed by atoms with E-state index >= 15 is 0 Å². The largest absolute Gasteiger partial charge is 0.508 e. The first-order valence-electron chi connectivity index (χ1n) is 20.8. The van der Waals surface area contributed by atoms with E-state index in [9.17, 15) is 29.0 Å². The van der Waals surface area contributed by atoms with Gasteiger partial charge in [0.05, 0.1) is 29.4 Å². The molecule has 0 radical (unpaired) electrons. The Morgan fingerprint density at radius 1 is 0.969 bits per heavy atom. The second-order valence-corrected chi connectivity index (χ2v) is 16.9. The van der Waals surface area contributed by atoms with Crippen molar-refractivity contribution in [3.8, 4) is 45.5 Å². The van der Waals surface area contributed by atoms with Gasteiger partial charge in [-0.1, -0.05) is 37.0 Å². The Hall–Kier alpha value is -6.52. The third-order valence-electron chi connectivity index (χ3n) is 11.5. The molecule has 0 bridgehead atoms. The van der Waals surface area contributed by atoms with E-state index in [1.807, 2.05) is 24.7 Å². The molecule has 3 heterocycles. The smallest absolute Gasteiger partial charge is 0.289 e. The lowest BCUT2D eigenvalue weighted by atomic mass is 9.83. The molecule has 0 saturated heterocycles. The number of ether oxygens (including phenoxy) is 1. The van der Waals surface area contributed by atoms with Crippen LogP contribution in [0, 0.1) is 11.7 Å². The number of anilines is 1. The van der Waals surface area contributed by atoms with Gasteiger partial charge < -0.3 is 30.9 Å². The van der Waals surface area contributed by atoms with E-state index in [1.165, 1.54) is 27.7 Å². The molecule has 0 aliphatic heterocycles. The van der Waals surface area contributed by atoms with Crippen LogP contribution in [-0.4, -0.2) is 82.4 Å². The van der Waals surface area contributed by atoms with E-state index in [1.54, 1.807) is 69.7 Å². The van der Waals surface area contributed by atoms with Crippen molar-refractivity contribution in [2.45, 2.75) is 71.4 Å². The number of rotatable bonds is 14. The van der Waals surface area contributed by atoms with Crippen molar-refractivity contribution in [1.29, 1.82) is 0 Å². The molecule has 6 aromatic rings. The minimum Gasteiger partial charge on any atom is -0.508 e. The van der Waals surface area contributed by atoms with Crippen LogP contribution in [0.15, 0.2) is 73.2 Å². The number of nitrogens with zero attached hydrogens (tertiary/aromatic N) is 7. The number of carbonyl (C=O) groups is 3.